The van der Waals surface area contributed by atoms with Crippen LogP contribution in [0.2, 0.25) is 0 Å². The van der Waals surface area contributed by atoms with E-state index < -0.39 is 12.0 Å². The molecule has 1 aromatic carbocycles. The average molecular weight is 308 g/mol. The van der Waals surface area contributed by atoms with E-state index in [9.17, 15) is 9.90 Å². The standard InChI is InChI=1S/C16H24N2O4/c1-3-21-13-6-5-12(11-14(13)22-4-2)15(16(19)20)18-9-7-17-8-10-18/h5-6,11,15,17H,3-4,7-10H2,1-2H3,(H,19,20). The molecule has 2 N–H and O–H groups in total. The Morgan fingerprint density at radius 1 is 1.23 bits per heavy atom. The molecular weight excluding hydrogens is 284 g/mol. The quantitative estimate of drug-likeness (QED) is 0.796. The number of ether oxygens (including phenoxy) is 2. The van der Waals surface area contributed by atoms with Crippen LogP contribution in [0.5, 0.6) is 11.5 Å². The Morgan fingerprint density at radius 2 is 1.86 bits per heavy atom. The highest BCUT2D eigenvalue weighted by molar-refractivity contribution is 5.76. The fourth-order valence-corrected chi connectivity index (χ4v) is 2.69. The van der Waals surface area contributed by atoms with E-state index in [-0.39, 0.29) is 0 Å². The number of aliphatic carboxylic acids is 1. The highest BCUT2D eigenvalue weighted by Crippen LogP contribution is 2.32. The lowest BCUT2D eigenvalue weighted by molar-refractivity contribution is -0.143. The van der Waals surface area contributed by atoms with Crippen LogP contribution in [0.15, 0.2) is 18.2 Å². The van der Waals surface area contributed by atoms with Crippen LogP contribution in [0.25, 0.3) is 0 Å². The summed E-state index contributed by atoms with van der Waals surface area (Å²) >= 11 is 0. The van der Waals surface area contributed by atoms with Gasteiger partial charge in [-0.05, 0) is 31.5 Å². The van der Waals surface area contributed by atoms with Gasteiger partial charge in [0.1, 0.15) is 6.04 Å². The summed E-state index contributed by atoms with van der Waals surface area (Å²) in [6.45, 7) is 7.90. The maximum atomic E-state index is 11.7. The number of hydrogen-bond acceptors (Lipinski definition) is 5. The lowest BCUT2D eigenvalue weighted by Gasteiger charge is -2.32. The molecule has 1 atom stereocenters. The van der Waals surface area contributed by atoms with Gasteiger partial charge in [-0.1, -0.05) is 6.07 Å². The van der Waals surface area contributed by atoms with Gasteiger partial charge in [0, 0.05) is 26.2 Å². The number of carboxylic acids is 1. The minimum absolute atomic E-state index is 0.509. The molecule has 6 nitrogen and oxygen atoms in total. The lowest BCUT2D eigenvalue weighted by atomic mass is 10.0. The first-order chi connectivity index (χ1) is 10.7. The zero-order chi connectivity index (χ0) is 15.9. The summed E-state index contributed by atoms with van der Waals surface area (Å²) in [4.78, 5) is 13.7. The average Bonchev–Trinajstić information content (AvgIpc) is 2.51. The van der Waals surface area contributed by atoms with Crippen molar-refractivity contribution in [3.8, 4) is 11.5 Å². The van der Waals surface area contributed by atoms with E-state index >= 15 is 0 Å². The van der Waals surface area contributed by atoms with Crippen molar-refractivity contribution in [3.63, 3.8) is 0 Å². The first-order valence-electron chi connectivity index (χ1n) is 7.74. The molecular formula is C16H24N2O4. The number of nitrogens with zero attached hydrogens (tertiary/aromatic N) is 1. The molecule has 0 spiro atoms. The zero-order valence-electron chi connectivity index (χ0n) is 13.2. The molecule has 1 aliphatic heterocycles. The molecule has 22 heavy (non-hydrogen) atoms. The maximum absolute atomic E-state index is 11.7. The Kier molecular flexibility index (Phi) is 6.03. The summed E-state index contributed by atoms with van der Waals surface area (Å²) in [5.41, 5.74) is 0.723. The molecule has 1 unspecified atom stereocenters. The monoisotopic (exact) mass is 308 g/mol. The number of hydrogen-bond donors (Lipinski definition) is 2. The van der Waals surface area contributed by atoms with Crippen molar-refractivity contribution in [2.24, 2.45) is 0 Å². The summed E-state index contributed by atoms with van der Waals surface area (Å²) in [5.74, 6) is 0.411. The van der Waals surface area contributed by atoms with Gasteiger partial charge >= 0.3 is 5.97 Å². The number of rotatable bonds is 7. The van der Waals surface area contributed by atoms with Crippen molar-refractivity contribution >= 4 is 5.97 Å². The van der Waals surface area contributed by atoms with Crippen LogP contribution < -0.4 is 14.8 Å². The normalized spacial score (nSPS) is 17.0. The Hall–Kier alpha value is -1.79. The van der Waals surface area contributed by atoms with E-state index in [1.165, 1.54) is 0 Å². The van der Waals surface area contributed by atoms with Gasteiger partial charge in [-0.15, -0.1) is 0 Å². The lowest BCUT2D eigenvalue weighted by Crippen LogP contribution is -2.47. The molecule has 1 aromatic rings. The third-order valence-corrected chi connectivity index (χ3v) is 3.63. The summed E-state index contributed by atoms with van der Waals surface area (Å²) in [7, 11) is 0. The topological polar surface area (TPSA) is 71.0 Å². The van der Waals surface area contributed by atoms with Crippen molar-refractivity contribution < 1.29 is 19.4 Å². The first kappa shape index (κ1) is 16.6. The number of nitrogens with one attached hydrogen (secondary N) is 1. The van der Waals surface area contributed by atoms with Crippen LogP contribution in [0, 0.1) is 0 Å². The fraction of sp³-hybridized carbons (Fsp3) is 0.562. The van der Waals surface area contributed by atoms with Crippen molar-refractivity contribution in [3.05, 3.63) is 23.8 Å². The van der Waals surface area contributed by atoms with E-state index in [2.05, 4.69) is 5.32 Å². The molecule has 1 saturated heterocycles. The first-order valence-corrected chi connectivity index (χ1v) is 7.74. The molecule has 0 aromatic heterocycles. The molecule has 1 fully saturated rings. The smallest absolute Gasteiger partial charge is 0.325 e. The Morgan fingerprint density at radius 3 is 2.45 bits per heavy atom. The largest absolute Gasteiger partial charge is 0.490 e. The van der Waals surface area contributed by atoms with Crippen LogP contribution >= 0.6 is 0 Å². The van der Waals surface area contributed by atoms with Crippen molar-refractivity contribution in [1.82, 2.24) is 10.2 Å². The molecule has 0 aliphatic carbocycles. The van der Waals surface area contributed by atoms with E-state index in [1.54, 1.807) is 12.1 Å². The van der Waals surface area contributed by atoms with Crippen LogP contribution in [0.4, 0.5) is 0 Å². The van der Waals surface area contributed by atoms with Gasteiger partial charge in [0.15, 0.2) is 11.5 Å². The predicted octanol–water partition coefficient (Wildman–Crippen LogP) is 1.51. The molecule has 2 rings (SSSR count). The second-order valence-corrected chi connectivity index (χ2v) is 5.10. The van der Waals surface area contributed by atoms with Gasteiger partial charge in [-0.25, -0.2) is 0 Å². The van der Waals surface area contributed by atoms with Crippen molar-refractivity contribution in [2.75, 3.05) is 39.4 Å². The van der Waals surface area contributed by atoms with Gasteiger partial charge in [-0.3, -0.25) is 9.69 Å². The van der Waals surface area contributed by atoms with Crippen LogP contribution in [0.3, 0.4) is 0 Å². The van der Waals surface area contributed by atoms with E-state index in [0.717, 1.165) is 18.7 Å². The fourth-order valence-electron chi connectivity index (χ4n) is 2.69. The van der Waals surface area contributed by atoms with Gasteiger partial charge in [-0.2, -0.15) is 0 Å². The van der Waals surface area contributed by atoms with Crippen LogP contribution in [-0.2, 0) is 4.79 Å². The third kappa shape index (κ3) is 3.90. The molecule has 6 heteroatoms. The zero-order valence-corrected chi connectivity index (χ0v) is 13.2. The highest BCUT2D eigenvalue weighted by Gasteiger charge is 2.29. The Bertz CT molecular complexity index is 501. The minimum atomic E-state index is -0.839. The summed E-state index contributed by atoms with van der Waals surface area (Å²) in [6, 6.07) is 4.74. The summed E-state index contributed by atoms with van der Waals surface area (Å²) in [6.07, 6.45) is 0. The molecule has 1 heterocycles. The number of carbonyl (C=O) groups is 1. The second-order valence-electron chi connectivity index (χ2n) is 5.10. The molecule has 1 aliphatic rings. The second kappa shape index (κ2) is 8.00. The molecule has 122 valence electrons. The minimum Gasteiger partial charge on any atom is -0.490 e. The number of benzene rings is 1. The maximum Gasteiger partial charge on any atom is 0.325 e. The molecule has 0 radical (unpaired) electrons. The van der Waals surface area contributed by atoms with Crippen molar-refractivity contribution in [1.29, 1.82) is 0 Å². The predicted molar refractivity (Wildman–Crippen MR) is 83.6 cm³/mol. The van der Waals surface area contributed by atoms with Crippen LogP contribution in [-0.4, -0.2) is 55.4 Å². The van der Waals surface area contributed by atoms with Gasteiger partial charge in [0.05, 0.1) is 13.2 Å². The summed E-state index contributed by atoms with van der Waals surface area (Å²) < 4.78 is 11.1. The third-order valence-electron chi connectivity index (χ3n) is 3.63. The van der Waals surface area contributed by atoms with Gasteiger partial charge < -0.3 is 19.9 Å². The van der Waals surface area contributed by atoms with Crippen LogP contribution in [0.1, 0.15) is 25.5 Å². The highest BCUT2D eigenvalue weighted by atomic mass is 16.5. The SMILES string of the molecule is CCOc1ccc(C(C(=O)O)N2CCNCC2)cc1OCC. The molecule has 0 saturated carbocycles. The van der Waals surface area contributed by atoms with Gasteiger partial charge in [0.2, 0.25) is 0 Å². The van der Waals surface area contributed by atoms with Gasteiger partial charge in [0.25, 0.3) is 0 Å². The Labute approximate surface area is 131 Å². The molecule has 0 amide bonds. The Balaban J connectivity index is 2.30. The van der Waals surface area contributed by atoms with E-state index in [1.807, 2.05) is 24.8 Å². The number of carboxylic acid groups (broad SMARTS) is 1. The van der Waals surface area contributed by atoms with Crippen molar-refractivity contribution in [2.45, 2.75) is 19.9 Å². The summed E-state index contributed by atoms with van der Waals surface area (Å²) in [5, 5.41) is 12.9. The van der Waals surface area contributed by atoms with E-state index in [4.69, 9.17) is 9.47 Å². The molecule has 0 bridgehead atoms. The van der Waals surface area contributed by atoms with E-state index in [0.29, 0.717) is 37.8 Å². The number of piperazine rings is 1.